The van der Waals surface area contributed by atoms with E-state index in [4.69, 9.17) is 4.74 Å². The summed E-state index contributed by atoms with van der Waals surface area (Å²) in [5.74, 6) is 0.893. The molecular weight excluding hydrogens is 322 g/mol. The summed E-state index contributed by atoms with van der Waals surface area (Å²) in [6.07, 6.45) is 7.00. The van der Waals surface area contributed by atoms with Gasteiger partial charge in [0.15, 0.2) is 0 Å². The zero-order chi connectivity index (χ0) is 18.2. The fourth-order valence-corrected chi connectivity index (χ4v) is 3.59. The van der Waals surface area contributed by atoms with Crippen molar-refractivity contribution in [3.8, 4) is 5.75 Å². The number of aliphatic hydroxyl groups excluding tert-OH is 1. The molecule has 0 radical (unpaired) electrons. The van der Waals surface area contributed by atoms with Gasteiger partial charge in [-0.3, -0.25) is 0 Å². The van der Waals surface area contributed by atoms with Gasteiger partial charge < -0.3 is 15.2 Å². The molecule has 1 heterocycles. The Morgan fingerprint density at radius 2 is 2.04 bits per heavy atom. The molecule has 2 aromatic carbocycles. The summed E-state index contributed by atoms with van der Waals surface area (Å²) >= 11 is 0. The summed E-state index contributed by atoms with van der Waals surface area (Å²) in [7, 11) is 0. The standard InChI is InChI=1S/C23H31NO2/c1-2-3-4-10-21(25)15-18-8-7-11-22(16-18)26-17-20-14-13-19-9-5-6-12-23(19)24-20/h5-9,11-12,16,20-21,24-25H,2-4,10,13-15,17H2,1H3. The van der Waals surface area contributed by atoms with Gasteiger partial charge in [0.05, 0.1) is 12.1 Å². The molecule has 1 aliphatic rings. The van der Waals surface area contributed by atoms with Crippen molar-refractivity contribution in [2.24, 2.45) is 0 Å². The molecule has 2 atom stereocenters. The predicted molar refractivity (Wildman–Crippen MR) is 108 cm³/mol. The predicted octanol–water partition coefficient (Wildman–Crippen LogP) is 4.98. The summed E-state index contributed by atoms with van der Waals surface area (Å²) in [5.41, 5.74) is 3.77. The summed E-state index contributed by atoms with van der Waals surface area (Å²) < 4.78 is 6.04. The molecule has 2 aromatic rings. The van der Waals surface area contributed by atoms with Crippen LogP contribution in [0.5, 0.6) is 5.75 Å². The van der Waals surface area contributed by atoms with Crippen molar-refractivity contribution >= 4 is 5.69 Å². The van der Waals surface area contributed by atoms with Gasteiger partial charge in [0.25, 0.3) is 0 Å². The van der Waals surface area contributed by atoms with Gasteiger partial charge in [0.2, 0.25) is 0 Å². The maximum absolute atomic E-state index is 10.2. The molecule has 0 bridgehead atoms. The number of benzene rings is 2. The van der Waals surface area contributed by atoms with E-state index in [1.165, 1.54) is 24.1 Å². The Morgan fingerprint density at radius 1 is 1.15 bits per heavy atom. The van der Waals surface area contributed by atoms with Gasteiger partial charge in [-0.2, -0.15) is 0 Å². The maximum Gasteiger partial charge on any atom is 0.119 e. The van der Waals surface area contributed by atoms with Crippen molar-refractivity contribution in [3.05, 3.63) is 59.7 Å². The number of fused-ring (bicyclic) bond motifs is 1. The fourth-order valence-electron chi connectivity index (χ4n) is 3.59. The Bertz CT molecular complexity index is 685. The van der Waals surface area contributed by atoms with Crippen LogP contribution in [-0.2, 0) is 12.8 Å². The van der Waals surface area contributed by atoms with Crippen molar-refractivity contribution in [1.29, 1.82) is 0 Å². The van der Waals surface area contributed by atoms with Crippen LogP contribution in [0.2, 0.25) is 0 Å². The minimum Gasteiger partial charge on any atom is -0.491 e. The van der Waals surface area contributed by atoms with Gasteiger partial charge in [-0.25, -0.2) is 0 Å². The quantitative estimate of drug-likeness (QED) is 0.625. The van der Waals surface area contributed by atoms with E-state index in [9.17, 15) is 5.11 Å². The number of anilines is 1. The lowest BCUT2D eigenvalue weighted by Crippen LogP contribution is -2.31. The molecule has 0 aliphatic carbocycles. The van der Waals surface area contributed by atoms with Crippen LogP contribution in [-0.4, -0.2) is 23.9 Å². The van der Waals surface area contributed by atoms with Crippen LogP contribution in [0, 0.1) is 0 Å². The molecule has 3 heteroatoms. The maximum atomic E-state index is 10.2. The molecule has 0 saturated heterocycles. The Hall–Kier alpha value is -2.00. The molecule has 140 valence electrons. The largest absolute Gasteiger partial charge is 0.491 e. The van der Waals surface area contributed by atoms with Gasteiger partial charge in [-0.1, -0.05) is 56.5 Å². The first-order valence-corrected chi connectivity index (χ1v) is 9.99. The number of ether oxygens (including phenoxy) is 1. The Kier molecular flexibility index (Phi) is 6.96. The second kappa shape index (κ2) is 9.63. The molecule has 2 unspecified atom stereocenters. The van der Waals surface area contributed by atoms with Crippen LogP contribution < -0.4 is 10.1 Å². The summed E-state index contributed by atoms with van der Waals surface area (Å²) in [6, 6.07) is 17.0. The molecule has 0 fully saturated rings. The molecule has 3 nitrogen and oxygen atoms in total. The molecule has 0 aromatic heterocycles. The first kappa shape index (κ1) is 18.8. The number of aliphatic hydroxyl groups is 1. The topological polar surface area (TPSA) is 41.5 Å². The highest BCUT2D eigenvalue weighted by atomic mass is 16.5. The smallest absolute Gasteiger partial charge is 0.119 e. The Morgan fingerprint density at radius 3 is 2.92 bits per heavy atom. The number of aryl methyl sites for hydroxylation is 1. The van der Waals surface area contributed by atoms with Crippen LogP contribution >= 0.6 is 0 Å². The molecule has 3 rings (SSSR count). The number of rotatable bonds is 9. The van der Waals surface area contributed by atoms with Crippen LogP contribution in [0.4, 0.5) is 5.69 Å². The van der Waals surface area contributed by atoms with Crippen LogP contribution in [0.3, 0.4) is 0 Å². The highest BCUT2D eigenvalue weighted by molar-refractivity contribution is 5.53. The molecule has 2 N–H and O–H groups in total. The van der Waals surface area contributed by atoms with E-state index >= 15 is 0 Å². The minimum absolute atomic E-state index is 0.256. The zero-order valence-corrected chi connectivity index (χ0v) is 15.8. The van der Waals surface area contributed by atoms with E-state index in [2.05, 4.69) is 48.6 Å². The van der Waals surface area contributed by atoms with E-state index in [0.29, 0.717) is 19.1 Å². The zero-order valence-electron chi connectivity index (χ0n) is 15.8. The number of nitrogens with one attached hydrogen (secondary N) is 1. The Balaban J connectivity index is 1.48. The lowest BCUT2D eigenvalue weighted by molar-refractivity contribution is 0.161. The van der Waals surface area contributed by atoms with E-state index < -0.39 is 0 Å². The van der Waals surface area contributed by atoms with Crippen molar-refractivity contribution < 1.29 is 9.84 Å². The third kappa shape index (κ3) is 5.50. The van der Waals surface area contributed by atoms with Crippen LogP contribution in [0.25, 0.3) is 0 Å². The van der Waals surface area contributed by atoms with Gasteiger partial charge in [-0.05, 0) is 55.0 Å². The highest BCUT2D eigenvalue weighted by Gasteiger charge is 2.17. The minimum atomic E-state index is -0.256. The van der Waals surface area contributed by atoms with Gasteiger partial charge in [-0.15, -0.1) is 0 Å². The highest BCUT2D eigenvalue weighted by Crippen LogP contribution is 2.25. The third-order valence-corrected chi connectivity index (χ3v) is 5.10. The van der Waals surface area contributed by atoms with Gasteiger partial charge in [0, 0.05) is 5.69 Å². The second-order valence-electron chi connectivity index (χ2n) is 7.35. The average Bonchev–Trinajstić information content (AvgIpc) is 2.67. The van der Waals surface area contributed by atoms with Crippen molar-refractivity contribution in [2.45, 2.75) is 64.0 Å². The lowest BCUT2D eigenvalue weighted by Gasteiger charge is -2.27. The van der Waals surface area contributed by atoms with Gasteiger partial charge in [0.1, 0.15) is 12.4 Å². The van der Waals surface area contributed by atoms with Crippen molar-refractivity contribution in [3.63, 3.8) is 0 Å². The first-order valence-electron chi connectivity index (χ1n) is 9.99. The molecule has 0 amide bonds. The molecule has 0 saturated carbocycles. The van der Waals surface area contributed by atoms with E-state index in [1.807, 2.05) is 12.1 Å². The monoisotopic (exact) mass is 353 g/mol. The number of unbranched alkanes of at least 4 members (excludes halogenated alkanes) is 2. The number of hydrogen-bond donors (Lipinski definition) is 2. The van der Waals surface area contributed by atoms with Crippen molar-refractivity contribution in [1.82, 2.24) is 0 Å². The molecular formula is C23H31NO2. The van der Waals surface area contributed by atoms with E-state index in [1.54, 1.807) is 0 Å². The fraction of sp³-hybridized carbons (Fsp3) is 0.478. The van der Waals surface area contributed by atoms with Crippen molar-refractivity contribution in [2.75, 3.05) is 11.9 Å². The third-order valence-electron chi connectivity index (χ3n) is 5.10. The first-order chi connectivity index (χ1) is 12.7. The summed E-state index contributed by atoms with van der Waals surface area (Å²) in [6.45, 7) is 2.85. The Labute approximate surface area is 157 Å². The summed E-state index contributed by atoms with van der Waals surface area (Å²) in [5, 5.41) is 13.8. The van der Waals surface area contributed by atoms with E-state index in [0.717, 1.165) is 37.0 Å². The second-order valence-corrected chi connectivity index (χ2v) is 7.35. The SMILES string of the molecule is CCCCCC(O)Cc1cccc(OCC2CCc3ccccc3N2)c1. The normalized spacial score (nSPS) is 17.2. The number of para-hydroxylation sites is 1. The van der Waals surface area contributed by atoms with Crippen LogP contribution in [0.15, 0.2) is 48.5 Å². The molecule has 0 spiro atoms. The molecule has 1 aliphatic heterocycles. The van der Waals surface area contributed by atoms with Crippen LogP contribution in [0.1, 0.15) is 50.2 Å². The molecule has 26 heavy (non-hydrogen) atoms. The van der Waals surface area contributed by atoms with Gasteiger partial charge >= 0.3 is 0 Å². The summed E-state index contributed by atoms with van der Waals surface area (Å²) in [4.78, 5) is 0. The lowest BCUT2D eigenvalue weighted by atomic mass is 9.98. The van der Waals surface area contributed by atoms with E-state index in [-0.39, 0.29) is 6.10 Å². The number of hydrogen-bond acceptors (Lipinski definition) is 3. The average molecular weight is 354 g/mol.